The molecule has 0 radical (unpaired) electrons. The molecule has 2 rings (SSSR count). The van der Waals surface area contributed by atoms with Gasteiger partial charge in [0.1, 0.15) is 0 Å². The van der Waals surface area contributed by atoms with Gasteiger partial charge in [-0.25, -0.2) is 4.79 Å². The molecular weight excluding hydrogens is 252 g/mol. The van der Waals surface area contributed by atoms with E-state index in [9.17, 15) is 9.90 Å². The third-order valence-electron chi connectivity index (χ3n) is 5.02. The average molecular weight is 282 g/mol. The highest BCUT2D eigenvalue weighted by Crippen LogP contribution is 2.33. The van der Waals surface area contributed by atoms with Gasteiger partial charge in [-0.1, -0.05) is 13.8 Å². The van der Waals surface area contributed by atoms with Crippen LogP contribution < -0.4 is 5.32 Å². The summed E-state index contributed by atoms with van der Waals surface area (Å²) >= 11 is 0. The van der Waals surface area contributed by atoms with Crippen LogP contribution in [0.5, 0.6) is 0 Å². The Balaban J connectivity index is 1.68. The molecule has 4 heteroatoms. The summed E-state index contributed by atoms with van der Waals surface area (Å²) in [7, 11) is 1.78. The Morgan fingerprint density at radius 2 is 1.70 bits per heavy atom. The first kappa shape index (κ1) is 15.6. The summed E-state index contributed by atoms with van der Waals surface area (Å²) < 4.78 is 0. The molecule has 0 heterocycles. The monoisotopic (exact) mass is 282 g/mol. The maximum Gasteiger partial charge on any atom is 0.317 e. The molecular formula is C16H30N2O2. The van der Waals surface area contributed by atoms with E-state index in [4.69, 9.17) is 0 Å². The molecule has 2 aliphatic carbocycles. The first-order valence-electron chi connectivity index (χ1n) is 8.17. The zero-order chi connectivity index (χ0) is 14.7. The predicted molar refractivity (Wildman–Crippen MR) is 80.5 cm³/mol. The topological polar surface area (TPSA) is 52.6 Å². The van der Waals surface area contributed by atoms with Crippen LogP contribution in [0.2, 0.25) is 0 Å². The van der Waals surface area contributed by atoms with Gasteiger partial charge in [0.2, 0.25) is 0 Å². The molecule has 0 bridgehead atoms. The molecule has 0 spiro atoms. The van der Waals surface area contributed by atoms with E-state index in [2.05, 4.69) is 19.2 Å². The second kappa shape index (κ2) is 6.79. The van der Waals surface area contributed by atoms with E-state index in [1.54, 1.807) is 11.9 Å². The number of urea groups is 1. The van der Waals surface area contributed by atoms with Crippen LogP contribution in [0.15, 0.2) is 0 Å². The van der Waals surface area contributed by atoms with Gasteiger partial charge in [-0.05, 0) is 56.3 Å². The molecule has 0 aromatic carbocycles. The smallest absolute Gasteiger partial charge is 0.317 e. The van der Waals surface area contributed by atoms with Crippen LogP contribution in [-0.2, 0) is 0 Å². The minimum atomic E-state index is -0.345. The van der Waals surface area contributed by atoms with Crippen LogP contribution in [-0.4, -0.2) is 41.8 Å². The van der Waals surface area contributed by atoms with Gasteiger partial charge in [-0.3, -0.25) is 0 Å². The van der Waals surface area contributed by atoms with Crippen molar-refractivity contribution in [3.05, 3.63) is 0 Å². The molecule has 0 aromatic rings. The van der Waals surface area contributed by atoms with Gasteiger partial charge >= 0.3 is 6.03 Å². The molecule has 0 aliphatic heterocycles. The molecule has 2 N–H and O–H groups in total. The van der Waals surface area contributed by atoms with Crippen LogP contribution in [0.3, 0.4) is 0 Å². The van der Waals surface area contributed by atoms with Crippen molar-refractivity contribution in [2.24, 2.45) is 17.8 Å². The molecule has 0 aromatic heterocycles. The zero-order valence-electron chi connectivity index (χ0n) is 13.1. The fourth-order valence-corrected chi connectivity index (χ4v) is 3.21. The van der Waals surface area contributed by atoms with Gasteiger partial charge in [0.25, 0.3) is 0 Å². The Labute approximate surface area is 122 Å². The highest BCUT2D eigenvalue weighted by atomic mass is 16.3. The van der Waals surface area contributed by atoms with Crippen molar-refractivity contribution in [3.63, 3.8) is 0 Å². The first-order chi connectivity index (χ1) is 9.47. The lowest BCUT2D eigenvalue weighted by Gasteiger charge is -2.32. The Kier molecular flexibility index (Phi) is 5.30. The SMILES string of the molecule is CC(C)C1CCC(NC(=O)N(C)CC(O)C2CC2)CC1. The van der Waals surface area contributed by atoms with Crippen molar-refractivity contribution in [2.45, 2.75) is 64.5 Å². The summed E-state index contributed by atoms with van der Waals surface area (Å²) in [4.78, 5) is 13.7. The number of nitrogens with zero attached hydrogens (tertiary/aromatic N) is 1. The summed E-state index contributed by atoms with van der Waals surface area (Å²) in [5, 5.41) is 13.0. The number of rotatable bonds is 5. The van der Waals surface area contributed by atoms with Gasteiger partial charge in [-0.2, -0.15) is 0 Å². The van der Waals surface area contributed by atoms with E-state index in [0.29, 0.717) is 18.5 Å². The second-order valence-corrected chi connectivity index (χ2v) is 7.09. The van der Waals surface area contributed by atoms with Gasteiger partial charge in [0.15, 0.2) is 0 Å². The Hall–Kier alpha value is -0.770. The van der Waals surface area contributed by atoms with Crippen molar-refractivity contribution in [3.8, 4) is 0 Å². The Morgan fingerprint density at radius 3 is 2.20 bits per heavy atom. The van der Waals surface area contributed by atoms with Crippen LogP contribution in [0.1, 0.15) is 52.4 Å². The number of aliphatic hydroxyl groups is 1. The number of aliphatic hydroxyl groups excluding tert-OH is 1. The molecule has 4 nitrogen and oxygen atoms in total. The number of carbonyl (C=O) groups is 1. The maximum absolute atomic E-state index is 12.1. The van der Waals surface area contributed by atoms with Crippen molar-refractivity contribution in [2.75, 3.05) is 13.6 Å². The number of hydrogen-bond donors (Lipinski definition) is 2. The lowest BCUT2D eigenvalue weighted by atomic mass is 9.80. The standard InChI is InChI=1S/C16H30N2O2/c1-11(2)12-6-8-14(9-7-12)17-16(20)18(3)10-15(19)13-4-5-13/h11-15,19H,4-10H2,1-3H3,(H,17,20). The number of likely N-dealkylation sites (N-methyl/N-ethyl adjacent to an activating group) is 1. The zero-order valence-corrected chi connectivity index (χ0v) is 13.1. The minimum absolute atomic E-state index is 0.0299. The normalized spacial score (nSPS) is 28.2. The fraction of sp³-hybridized carbons (Fsp3) is 0.938. The van der Waals surface area contributed by atoms with Crippen molar-refractivity contribution in [1.82, 2.24) is 10.2 Å². The van der Waals surface area contributed by atoms with Gasteiger partial charge in [0, 0.05) is 19.6 Å². The summed E-state index contributed by atoms with van der Waals surface area (Å²) in [6, 6.07) is 0.288. The number of hydrogen-bond acceptors (Lipinski definition) is 2. The summed E-state index contributed by atoms with van der Waals surface area (Å²) in [6.45, 7) is 5.03. The van der Waals surface area contributed by atoms with Crippen molar-refractivity contribution < 1.29 is 9.90 Å². The molecule has 0 saturated heterocycles. The van der Waals surface area contributed by atoms with Crippen LogP contribution in [0.4, 0.5) is 4.79 Å². The number of amides is 2. The molecule has 2 aliphatic rings. The predicted octanol–water partition coefficient (Wildman–Crippen LogP) is 2.61. The highest BCUT2D eigenvalue weighted by molar-refractivity contribution is 5.74. The van der Waals surface area contributed by atoms with Crippen molar-refractivity contribution in [1.29, 1.82) is 0 Å². The quantitative estimate of drug-likeness (QED) is 0.814. The van der Waals surface area contributed by atoms with E-state index < -0.39 is 0 Å². The van der Waals surface area contributed by atoms with E-state index >= 15 is 0 Å². The molecule has 2 saturated carbocycles. The molecule has 116 valence electrons. The summed E-state index contributed by atoms with van der Waals surface area (Å²) in [5.41, 5.74) is 0. The molecule has 20 heavy (non-hydrogen) atoms. The number of nitrogens with one attached hydrogen (secondary N) is 1. The van der Waals surface area contributed by atoms with E-state index in [0.717, 1.165) is 37.5 Å². The van der Waals surface area contributed by atoms with Gasteiger partial charge < -0.3 is 15.3 Å². The second-order valence-electron chi connectivity index (χ2n) is 7.09. The largest absolute Gasteiger partial charge is 0.391 e. The third kappa shape index (κ3) is 4.37. The number of carbonyl (C=O) groups excluding carboxylic acids is 1. The lowest BCUT2D eigenvalue weighted by Crippen LogP contribution is -2.47. The molecule has 2 fully saturated rings. The maximum atomic E-state index is 12.1. The van der Waals surface area contributed by atoms with E-state index in [1.165, 1.54) is 12.8 Å². The third-order valence-corrected chi connectivity index (χ3v) is 5.02. The molecule has 1 atom stereocenters. The van der Waals surface area contributed by atoms with Crippen LogP contribution in [0, 0.1) is 17.8 Å². The fourth-order valence-electron chi connectivity index (χ4n) is 3.21. The molecule has 2 amide bonds. The van der Waals surface area contributed by atoms with E-state index in [-0.39, 0.29) is 12.1 Å². The summed E-state index contributed by atoms with van der Waals surface area (Å²) in [5.74, 6) is 1.99. The molecule has 1 unspecified atom stereocenters. The lowest BCUT2D eigenvalue weighted by molar-refractivity contribution is 0.111. The first-order valence-corrected chi connectivity index (χ1v) is 8.17. The average Bonchev–Trinajstić information content (AvgIpc) is 3.23. The van der Waals surface area contributed by atoms with Gasteiger partial charge in [0.05, 0.1) is 6.10 Å². The van der Waals surface area contributed by atoms with Gasteiger partial charge in [-0.15, -0.1) is 0 Å². The van der Waals surface area contributed by atoms with Crippen LogP contribution >= 0.6 is 0 Å². The highest BCUT2D eigenvalue weighted by Gasteiger charge is 2.31. The summed E-state index contributed by atoms with van der Waals surface area (Å²) in [6.07, 6.45) is 6.49. The van der Waals surface area contributed by atoms with Crippen molar-refractivity contribution >= 4 is 6.03 Å². The Bertz CT molecular complexity index is 320. The van der Waals surface area contributed by atoms with E-state index in [1.807, 2.05) is 0 Å². The van der Waals surface area contributed by atoms with Crippen LogP contribution in [0.25, 0.3) is 0 Å². The minimum Gasteiger partial charge on any atom is -0.391 e. The Morgan fingerprint density at radius 1 is 1.15 bits per heavy atom.